The smallest absolute Gasteiger partial charge is 0.292 e. The second kappa shape index (κ2) is 8.33. The zero-order valence-corrected chi connectivity index (χ0v) is 18.3. The van der Waals surface area contributed by atoms with Gasteiger partial charge >= 0.3 is 0 Å². The number of hydrogen-bond acceptors (Lipinski definition) is 8. The van der Waals surface area contributed by atoms with Crippen molar-refractivity contribution in [3.05, 3.63) is 63.3 Å². The third-order valence-corrected chi connectivity index (χ3v) is 5.61. The van der Waals surface area contributed by atoms with Gasteiger partial charge in [-0.1, -0.05) is 26.0 Å². The van der Waals surface area contributed by atoms with Crippen LogP contribution in [0.3, 0.4) is 0 Å². The molecule has 1 aromatic heterocycles. The molecule has 9 nitrogen and oxygen atoms in total. The highest BCUT2D eigenvalue weighted by atomic mass is 16.6. The number of aromatic nitrogens is 2. The summed E-state index contributed by atoms with van der Waals surface area (Å²) in [7, 11) is 0. The molecule has 0 saturated carbocycles. The van der Waals surface area contributed by atoms with E-state index < -0.39 is 4.92 Å². The van der Waals surface area contributed by atoms with Crippen molar-refractivity contribution in [2.75, 3.05) is 29.5 Å². The van der Waals surface area contributed by atoms with Gasteiger partial charge in [0.05, 0.1) is 11.5 Å². The Balaban J connectivity index is 1.75. The average Bonchev–Trinajstić information content (AvgIpc) is 2.94. The Labute approximate surface area is 186 Å². The normalized spacial score (nSPS) is 13.4. The van der Waals surface area contributed by atoms with Crippen LogP contribution in [0.2, 0.25) is 0 Å². The van der Waals surface area contributed by atoms with Crippen LogP contribution in [-0.2, 0) is 6.54 Å². The van der Waals surface area contributed by atoms with Crippen molar-refractivity contribution in [2.45, 2.75) is 33.2 Å². The molecule has 1 aliphatic rings. The number of nitrogen functional groups attached to an aromatic ring is 2. The number of ether oxygens (including phenoxy) is 1. The molecule has 0 bridgehead atoms. The van der Waals surface area contributed by atoms with Gasteiger partial charge < -0.3 is 21.1 Å². The fourth-order valence-corrected chi connectivity index (χ4v) is 4.14. The van der Waals surface area contributed by atoms with E-state index in [2.05, 4.69) is 28.7 Å². The van der Waals surface area contributed by atoms with Crippen LogP contribution in [0, 0.1) is 17.0 Å². The van der Waals surface area contributed by atoms with Gasteiger partial charge in [0.2, 0.25) is 5.95 Å². The Kier molecular flexibility index (Phi) is 5.56. The van der Waals surface area contributed by atoms with Crippen LogP contribution in [0.4, 0.5) is 23.1 Å². The Hall–Kier alpha value is -3.88. The van der Waals surface area contributed by atoms with Gasteiger partial charge in [-0.15, -0.1) is 0 Å². The molecule has 2 heterocycles. The Morgan fingerprint density at radius 2 is 1.84 bits per heavy atom. The van der Waals surface area contributed by atoms with E-state index in [1.54, 1.807) is 12.1 Å². The van der Waals surface area contributed by atoms with Crippen LogP contribution >= 0.6 is 0 Å². The second-order valence-electron chi connectivity index (χ2n) is 8.18. The fourth-order valence-electron chi connectivity index (χ4n) is 4.14. The fraction of sp³-hybridized carbons (Fsp3) is 0.304. The average molecular weight is 435 g/mol. The quantitative estimate of drug-likeness (QED) is 0.357. The maximum absolute atomic E-state index is 11.3. The van der Waals surface area contributed by atoms with Crippen LogP contribution in [0.5, 0.6) is 5.75 Å². The molecule has 4 rings (SSSR count). The van der Waals surface area contributed by atoms with Crippen LogP contribution in [-0.4, -0.2) is 28.0 Å². The molecule has 0 amide bonds. The van der Waals surface area contributed by atoms with E-state index >= 15 is 0 Å². The van der Waals surface area contributed by atoms with E-state index in [1.807, 2.05) is 25.1 Å². The molecule has 0 atom stereocenters. The molecule has 4 N–H and O–H groups in total. The molecular weight excluding hydrogens is 408 g/mol. The largest absolute Gasteiger partial charge is 0.491 e. The van der Waals surface area contributed by atoms with Gasteiger partial charge in [-0.25, -0.2) is 4.98 Å². The first kappa shape index (κ1) is 21.4. The van der Waals surface area contributed by atoms with Crippen LogP contribution in [0.25, 0.3) is 11.1 Å². The monoisotopic (exact) mass is 434 g/mol. The van der Waals surface area contributed by atoms with Crippen molar-refractivity contribution >= 4 is 23.1 Å². The molecule has 166 valence electrons. The van der Waals surface area contributed by atoms with Crippen molar-refractivity contribution in [2.24, 2.45) is 0 Å². The molecule has 0 unspecified atom stereocenters. The summed E-state index contributed by atoms with van der Waals surface area (Å²) in [5.41, 5.74) is 16.2. The lowest BCUT2D eigenvalue weighted by Gasteiger charge is -2.26. The maximum atomic E-state index is 11.3. The lowest BCUT2D eigenvalue weighted by Crippen LogP contribution is -2.28. The van der Waals surface area contributed by atoms with Gasteiger partial charge in [0.1, 0.15) is 23.9 Å². The lowest BCUT2D eigenvalue weighted by molar-refractivity contribution is -0.383. The number of fused-ring (bicyclic) bond motifs is 1. The highest BCUT2D eigenvalue weighted by molar-refractivity contribution is 5.73. The molecule has 9 heteroatoms. The zero-order valence-electron chi connectivity index (χ0n) is 18.3. The van der Waals surface area contributed by atoms with Crippen LogP contribution in [0.15, 0.2) is 36.4 Å². The number of anilines is 3. The third-order valence-electron chi connectivity index (χ3n) is 5.61. The number of rotatable bonds is 4. The van der Waals surface area contributed by atoms with Crippen molar-refractivity contribution < 1.29 is 9.66 Å². The Bertz CT molecular complexity index is 1190. The highest BCUT2D eigenvalue weighted by Crippen LogP contribution is 2.35. The number of nitro benzene ring substituents is 1. The number of aryl methyl sites for hydroxylation is 1. The molecule has 2 aromatic carbocycles. The van der Waals surface area contributed by atoms with Gasteiger partial charge in [0.25, 0.3) is 5.69 Å². The number of nitrogens with two attached hydrogens (primary N) is 2. The van der Waals surface area contributed by atoms with E-state index in [9.17, 15) is 10.1 Å². The molecule has 3 aromatic rings. The molecule has 0 radical (unpaired) electrons. The van der Waals surface area contributed by atoms with E-state index in [4.69, 9.17) is 16.2 Å². The van der Waals surface area contributed by atoms with Gasteiger partial charge in [-0.3, -0.25) is 10.1 Å². The Morgan fingerprint density at radius 3 is 2.56 bits per heavy atom. The summed E-state index contributed by atoms with van der Waals surface area (Å²) >= 11 is 0. The van der Waals surface area contributed by atoms with E-state index in [0.29, 0.717) is 19.7 Å². The van der Waals surface area contributed by atoms with E-state index in [0.717, 1.165) is 39.5 Å². The van der Waals surface area contributed by atoms with Crippen molar-refractivity contribution in [1.29, 1.82) is 0 Å². The summed E-state index contributed by atoms with van der Waals surface area (Å²) in [6, 6.07) is 10.6. The second-order valence-corrected chi connectivity index (χ2v) is 8.18. The zero-order chi connectivity index (χ0) is 23.0. The first-order chi connectivity index (χ1) is 15.2. The van der Waals surface area contributed by atoms with Gasteiger partial charge in [0.15, 0.2) is 0 Å². The van der Waals surface area contributed by atoms with Gasteiger partial charge in [-0.05, 0) is 42.2 Å². The van der Waals surface area contributed by atoms with E-state index in [1.165, 1.54) is 6.07 Å². The minimum absolute atomic E-state index is 0.108. The number of hydrogen-bond donors (Lipinski definition) is 2. The van der Waals surface area contributed by atoms with Crippen LogP contribution in [0.1, 0.15) is 36.6 Å². The molecule has 0 spiro atoms. The Morgan fingerprint density at radius 1 is 1.12 bits per heavy atom. The maximum Gasteiger partial charge on any atom is 0.292 e. The molecule has 0 saturated heterocycles. The SMILES string of the molecule is Cc1nc(N)nc(N2CCOc3ccc(-c4ccc(N)c([N+](=O)[O-])c4)cc3C2)c1C(C)C. The topological polar surface area (TPSA) is 133 Å². The standard InChI is InChI=1S/C23H26N6O3/c1-13(2)21-14(3)26-23(25)27-22(21)28-8-9-32-20-7-5-15(10-17(20)12-28)16-4-6-18(24)19(11-16)29(30)31/h4-7,10-11,13H,8-9,12,24H2,1-3H3,(H2,25,26,27). The summed E-state index contributed by atoms with van der Waals surface area (Å²) in [4.78, 5) is 21.9. The highest BCUT2D eigenvalue weighted by Gasteiger charge is 2.23. The van der Waals surface area contributed by atoms with Crippen LogP contribution < -0.4 is 21.1 Å². The molecular formula is C23H26N6O3. The number of nitrogens with zero attached hydrogens (tertiary/aromatic N) is 4. The first-order valence-electron chi connectivity index (χ1n) is 10.4. The summed E-state index contributed by atoms with van der Waals surface area (Å²) < 4.78 is 5.99. The number of benzene rings is 2. The summed E-state index contributed by atoms with van der Waals surface area (Å²) in [6.07, 6.45) is 0. The summed E-state index contributed by atoms with van der Waals surface area (Å²) in [5, 5.41) is 11.3. The van der Waals surface area contributed by atoms with Crippen molar-refractivity contribution in [1.82, 2.24) is 9.97 Å². The molecule has 0 aliphatic carbocycles. The van der Waals surface area contributed by atoms with Crippen molar-refractivity contribution in [3.8, 4) is 16.9 Å². The first-order valence-corrected chi connectivity index (χ1v) is 10.4. The minimum atomic E-state index is -0.470. The predicted molar refractivity (Wildman–Crippen MR) is 125 cm³/mol. The molecule has 0 fully saturated rings. The van der Waals surface area contributed by atoms with Crippen molar-refractivity contribution in [3.63, 3.8) is 0 Å². The summed E-state index contributed by atoms with van der Waals surface area (Å²) in [6.45, 7) is 7.88. The molecule has 32 heavy (non-hydrogen) atoms. The van der Waals surface area contributed by atoms with Gasteiger partial charge in [-0.2, -0.15) is 4.98 Å². The predicted octanol–water partition coefficient (Wildman–Crippen LogP) is 4.05. The van der Waals surface area contributed by atoms with Gasteiger partial charge in [0, 0.05) is 29.4 Å². The summed E-state index contributed by atoms with van der Waals surface area (Å²) in [5.74, 6) is 2.08. The third kappa shape index (κ3) is 4.01. The van der Waals surface area contributed by atoms with E-state index in [-0.39, 0.29) is 23.2 Å². The molecule has 1 aliphatic heterocycles. The minimum Gasteiger partial charge on any atom is -0.491 e. The number of nitro groups is 1. The lowest BCUT2D eigenvalue weighted by atomic mass is 10.00.